The zero-order valence-electron chi connectivity index (χ0n) is 15.4. The molecule has 6 nitrogen and oxygen atoms in total. The zero-order chi connectivity index (χ0) is 20.5. The third-order valence-corrected chi connectivity index (χ3v) is 6.86. The second kappa shape index (κ2) is 8.39. The van der Waals surface area contributed by atoms with Crippen molar-refractivity contribution in [3.05, 3.63) is 58.1 Å². The number of benzene rings is 2. The van der Waals surface area contributed by atoms with Gasteiger partial charge in [-0.05, 0) is 50.2 Å². The predicted octanol–water partition coefficient (Wildman–Crippen LogP) is 4.04. The number of hydrogen-bond donors (Lipinski definition) is 1. The minimum atomic E-state index is -3.73. The van der Waals surface area contributed by atoms with Gasteiger partial charge >= 0.3 is 0 Å². The summed E-state index contributed by atoms with van der Waals surface area (Å²) in [6.07, 6.45) is -0.390. The lowest BCUT2D eigenvalue weighted by Crippen LogP contribution is -2.48. The fourth-order valence-electron chi connectivity index (χ4n) is 3.05. The molecule has 1 saturated heterocycles. The Labute approximate surface area is 174 Å². The highest BCUT2D eigenvalue weighted by atomic mass is 35.5. The third-order valence-electron chi connectivity index (χ3n) is 4.30. The van der Waals surface area contributed by atoms with Crippen LogP contribution in [0.15, 0.2) is 47.4 Å². The van der Waals surface area contributed by atoms with Gasteiger partial charge in [0, 0.05) is 24.3 Å². The molecule has 2 aromatic carbocycles. The second-order valence-corrected chi connectivity index (χ2v) is 9.44. The molecular weight excluding hydrogens is 423 g/mol. The Bertz CT molecular complexity index is 987. The van der Waals surface area contributed by atoms with Crippen LogP contribution in [0.3, 0.4) is 0 Å². The van der Waals surface area contributed by atoms with Crippen LogP contribution in [0.1, 0.15) is 24.2 Å². The summed E-state index contributed by atoms with van der Waals surface area (Å²) >= 11 is 11.8. The molecule has 1 fully saturated rings. The van der Waals surface area contributed by atoms with E-state index in [-0.39, 0.29) is 35.8 Å². The maximum Gasteiger partial charge on any atom is 0.255 e. The molecule has 9 heteroatoms. The summed E-state index contributed by atoms with van der Waals surface area (Å²) in [6, 6.07) is 10.7. The van der Waals surface area contributed by atoms with Gasteiger partial charge < -0.3 is 10.1 Å². The maximum absolute atomic E-state index is 13.0. The predicted molar refractivity (Wildman–Crippen MR) is 110 cm³/mol. The van der Waals surface area contributed by atoms with Gasteiger partial charge in [0.2, 0.25) is 10.0 Å². The molecule has 2 aromatic rings. The van der Waals surface area contributed by atoms with Crippen LogP contribution in [-0.4, -0.2) is 43.9 Å². The van der Waals surface area contributed by atoms with Crippen molar-refractivity contribution < 1.29 is 17.9 Å². The van der Waals surface area contributed by atoms with Crippen LogP contribution in [0.2, 0.25) is 10.0 Å². The lowest BCUT2D eigenvalue weighted by molar-refractivity contribution is -0.0440. The molecule has 2 atom stereocenters. The quantitative estimate of drug-likeness (QED) is 0.774. The standard InChI is InChI=1S/C19H20Cl2N2O4S/c1-12-10-23(11-13(2)27-12)28(25,26)16-5-3-4-14(8-16)19(24)22-15-6-7-17(20)18(21)9-15/h3-9,12-13H,10-11H2,1-2H3,(H,22,24)/t12-,13+. The normalized spacial score (nSPS) is 20.7. The summed E-state index contributed by atoms with van der Waals surface area (Å²) < 4.78 is 33.0. The molecule has 3 rings (SSSR count). The van der Waals surface area contributed by atoms with Crippen molar-refractivity contribution in [2.45, 2.75) is 31.0 Å². The van der Waals surface area contributed by atoms with E-state index in [1.165, 1.54) is 22.5 Å². The molecule has 1 aliphatic heterocycles. The Morgan fingerprint density at radius 2 is 1.75 bits per heavy atom. The zero-order valence-corrected chi connectivity index (χ0v) is 17.7. The SMILES string of the molecule is C[C@@H]1CN(S(=O)(=O)c2cccc(C(=O)Nc3ccc(Cl)c(Cl)c3)c2)C[C@H](C)O1. The minimum Gasteiger partial charge on any atom is -0.373 e. The summed E-state index contributed by atoms with van der Waals surface area (Å²) in [4.78, 5) is 12.6. The highest BCUT2D eigenvalue weighted by molar-refractivity contribution is 7.89. The van der Waals surface area contributed by atoms with E-state index < -0.39 is 15.9 Å². The number of carbonyl (C=O) groups excluding carboxylic acids is 1. The highest BCUT2D eigenvalue weighted by Gasteiger charge is 2.32. The molecule has 0 saturated carbocycles. The summed E-state index contributed by atoms with van der Waals surface area (Å²) in [7, 11) is -3.73. The van der Waals surface area contributed by atoms with Crippen LogP contribution in [0.25, 0.3) is 0 Å². The van der Waals surface area contributed by atoms with Gasteiger partial charge in [-0.25, -0.2) is 8.42 Å². The van der Waals surface area contributed by atoms with Gasteiger partial charge in [0.1, 0.15) is 0 Å². The van der Waals surface area contributed by atoms with Crippen molar-refractivity contribution in [1.29, 1.82) is 0 Å². The van der Waals surface area contributed by atoms with Crippen LogP contribution in [0, 0.1) is 0 Å². The molecule has 0 unspecified atom stereocenters. The largest absolute Gasteiger partial charge is 0.373 e. The lowest BCUT2D eigenvalue weighted by Gasteiger charge is -2.34. The number of morpholine rings is 1. The Morgan fingerprint density at radius 1 is 1.07 bits per heavy atom. The topological polar surface area (TPSA) is 75.7 Å². The van der Waals surface area contributed by atoms with Crippen molar-refractivity contribution >= 4 is 44.8 Å². The molecule has 28 heavy (non-hydrogen) atoms. The van der Waals surface area contributed by atoms with Crippen molar-refractivity contribution in [3.8, 4) is 0 Å². The molecule has 150 valence electrons. The monoisotopic (exact) mass is 442 g/mol. The molecule has 0 bridgehead atoms. The first-order chi connectivity index (χ1) is 13.2. The smallest absolute Gasteiger partial charge is 0.255 e. The Kier molecular flexibility index (Phi) is 6.31. The molecule has 0 aliphatic carbocycles. The van der Waals surface area contributed by atoms with Gasteiger partial charge in [0.05, 0.1) is 27.1 Å². The number of rotatable bonds is 4. The molecule has 1 aliphatic rings. The van der Waals surface area contributed by atoms with E-state index in [0.29, 0.717) is 15.7 Å². The number of ether oxygens (including phenoxy) is 1. The number of amides is 1. The molecule has 0 spiro atoms. The van der Waals surface area contributed by atoms with Gasteiger partial charge in [0.25, 0.3) is 5.91 Å². The van der Waals surface area contributed by atoms with Gasteiger partial charge in [0.15, 0.2) is 0 Å². The van der Waals surface area contributed by atoms with E-state index in [4.69, 9.17) is 27.9 Å². The molecule has 0 radical (unpaired) electrons. The molecular formula is C19H20Cl2N2O4S. The molecule has 1 amide bonds. The van der Waals surface area contributed by atoms with Gasteiger partial charge in [-0.3, -0.25) is 4.79 Å². The number of hydrogen-bond acceptors (Lipinski definition) is 4. The number of nitrogens with one attached hydrogen (secondary N) is 1. The summed E-state index contributed by atoms with van der Waals surface area (Å²) in [5, 5.41) is 3.38. The number of sulfonamides is 1. The van der Waals surface area contributed by atoms with E-state index in [9.17, 15) is 13.2 Å². The average Bonchev–Trinajstić information content (AvgIpc) is 2.64. The Hall–Kier alpha value is -1.64. The first-order valence-electron chi connectivity index (χ1n) is 8.69. The molecule has 1 heterocycles. The third kappa shape index (κ3) is 4.67. The van der Waals surface area contributed by atoms with E-state index in [1.807, 2.05) is 13.8 Å². The van der Waals surface area contributed by atoms with Crippen LogP contribution in [-0.2, 0) is 14.8 Å². The number of nitrogens with zero attached hydrogens (tertiary/aromatic N) is 1. The first kappa shape index (κ1) is 21.1. The van der Waals surface area contributed by atoms with Crippen molar-refractivity contribution in [2.24, 2.45) is 0 Å². The fourth-order valence-corrected chi connectivity index (χ4v) is 4.99. The lowest BCUT2D eigenvalue weighted by atomic mass is 10.2. The van der Waals surface area contributed by atoms with Crippen molar-refractivity contribution in [2.75, 3.05) is 18.4 Å². The molecule has 1 N–H and O–H groups in total. The average molecular weight is 443 g/mol. The number of carbonyl (C=O) groups is 1. The summed E-state index contributed by atoms with van der Waals surface area (Å²) in [5.74, 6) is -0.445. The second-order valence-electron chi connectivity index (χ2n) is 6.69. The van der Waals surface area contributed by atoms with E-state index in [2.05, 4.69) is 5.32 Å². The van der Waals surface area contributed by atoms with Crippen LogP contribution in [0.5, 0.6) is 0 Å². The first-order valence-corrected chi connectivity index (χ1v) is 10.9. The van der Waals surface area contributed by atoms with E-state index in [1.54, 1.807) is 24.3 Å². The Morgan fingerprint density at radius 3 is 2.39 bits per heavy atom. The Balaban J connectivity index is 1.83. The van der Waals surface area contributed by atoms with Gasteiger partial charge in [-0.1, -0.05) is 29.3 Å². The summed E-state index contributed by atoms with van der Waals surface area (Å²) in [6.45, 7) is 4.21. The number of halogens is 2. The van der Waals surface area contributed by atoms with Crippen molar-refractivity contribution in [1.82, 2.24) is 4.31 Å². The van der Waals surface area contributed by atoms with Crippen LogP contribution in [0.4, 0.5) is 5.69 Å². The van der Waals surface area contributed by atoms with Crippen LogP contribution >= 0.6 is 23.2 Å². The summed E-state index contributed by atoms with van der Waals surface area (Å²) in [5.41, 5.74) is 0.685. The minimum absolute atomic E-state index is 0.0654. The number of anilines is 1. The molecule has 0 aromatic heterocycles. The fraction of sp³-hybridized carbons (Fsp3) is 0.316. The highest BCUT2D eigenvalue weighted by Crippen LogP contribution is 2.26. The van der Waals surface area contributed by atoms with E-state index >= 15 is 0 Å². The van der Waals surface area contributed by atoms with Gasteiger partial charge in [-0.2, -0.15) is 4.31 Å². The van der Waals surface area contributed by atoms with Crippen molar-refractivity contribution in [3.63, 3.8) is 0 Å². The van der Waals surface area contributed by atoms with Gasteiger partial charge in [-0.15, -0.1) is 0 Å². The van der Waals surface area contributed by atoms with E-state index in [0.717, 1.165) is 0 Å². The maximum atomic E-state index is 13.0. The van der Waals surface area contributed by atoms with Crippen LogP contribution < -0.4 is 5.32 Å².